The van der Waals surface area contributed by atoms with Gasteiger partial charge in [-0.15, -0.1) is 0 Å². The van der Waals surface area contributed by atoms with E-state index in [-0.39, 0.29) is 24.5 Å². The molecule has 2 fully saturated rings. The monoisotopic (exact) mass is 473 g/mol. The molecule has 8 nitrogen and oxygen atoms in total. The van der Waals surface area contributed by atoms with E-state index < -0.39 is 0 Å². The van der Waals surface area contributed by atoms with Gasteiger partial charge in [0.2, 0.25) is 5.91 Å². The fraction of sp³-hybridized carbons (Fsp3) is 0.370. The number of rotatable bonds is 6. The number of benzene rings is 2. The predicted octanol–water partition coefficient (Wildman–Crippen LogP) is 2.90. The number of amides is 1. The Kier molecular flexibility index (Phi) is 7.44. The Hall–Kier alpha value is -3.17. The molecule has 4 N–H and O–H groups in total. The molecule has 1 unspecified atom stereocenters. The number of carbonyl (C=O) groups is 1. The van der Waals surface area contributed by atoms with E-state index in [2.05, 4.69) is 20.9 Å². The maximum absolute atomic E-state index is 12.8. The highest BCUT2D eigenvalue weighted by Crippen LogP contribution is 2.32. The number of carbonyl (C=O) groups excluding carboxylic acids is 1. The number of aliphatic hydroxyl groups is 1. The van der Waals surface area contributed by atoms with Crippen LogP contribution in [-0.4, -0.2) is 53.8 Å². The van der Waals surface area contributed by atoms with Crippen molar-refractivity contribution in [3.8, 4) is 22.6 Å². The Labute approximate surface area is 205 Å². The Balaban J connectivity index is 1.49. The van der Waals surface area contributed by atoms with Gasteiger partial charge in [0, 0.05) is 47.6 Å². The average molecular weight is 474 g/mol. The van der Waals surface area contributed by atoms with Crippen molar-refractivity contribution in [1.82, 2.24) is 20.6 Å². The lowest BCUT2D eigenvalue weighted by Crippen LogP contribution is -2.34. The van der Waals surface area contributed by atoms with Crippen LogP contribution in [0.2, 0.25) is 0 Å². The van der Waals surface area contributed by atoms with E-state index in [9.17, 15) is 9.90 Å². The van der Waals surface area contributed by atoms with Gasteiger partial charge in [-0.05, 0) is 49.7 Å². The zero-order valence-corrected chi connectivity index (χ0v) is 19.7. The molecule has 0 saturated carbocycles. The maximum atomic E-state index is 12.8. The number of aromatic nitrogens is 2. The van der Waals surface area contributed by atoms with Crippen molar-refractivity contribution in [1.29, 1.82) is 0 Å². The summed E-state index contributed by atoms with van der Waals surface area (Å²) < 4.78 is 6.03. The van der Waals surface area contributed by atoms with Gasteiger partial charge in [-0.1, -0.05) is 30.3 Å². The van der Waals surface area contributed by atoms with E-state index in [1.54, 1.807) is 0 Å². The fourth-order valence-electron chi connectivity index (χ4n) is 4.64. The number of hydrogen-bond acceptors (Lipinski definition) is 7. The van der Waals surface area contributed by atoms with Crippen molar-refractivity contribution in [2.24, 2.45) is 5.92 Å². The molecule has 35 heavy (non-hydrogen) atoms. The molecule has 1 atom stereocenters. The lowest BCUT2D eigenvalue weighted by atomic mass is 9.97. The largest absolute Gasteiger partial charge is 0.392 e. The summed E-state index contributed by atoms with van der Waals surface area (Å²) in [6, 6.07) is 15.4. The van der Waals surface area contributed by atoms with Crippen molar-refractivity contribution < 1.29 is 14.6 Å². The van der Waals surface area contributed by atoms with Crippen molar-refractivity contribution in [3.05, 3.63) is 65.9 Å². The Bertz CT molecular complexity index is 1170. The first-order valence-electron chi connectivity index (χ1n) is 12.2. The first kappa shape index (κ1) is 23.6. The fourth-order valence-corrected chi connectivity index (χ4v) is 4.64. The third-order valence-electron chi connectivity index (χ3n) is 6.57. The van der Waals surface area contributed by atoms with Crippen LogP contribution in [-0.2, 0) is 16.1 Å². The lowest BCUT2D eigenvalue weighted by molar-refractivity contribution is -0.120. The molecule has 0 bridgehead atoms. The van der Waals surface area contributed by atoms with Crippen LogP contribution < -0.4 is 16.0 Å². The van der Waals surface area contributed by atoms with Gasteiger partial charge in [0.25, 0.3) is 0 Å². The maximum Gasteiger partial charge on any atom is 0.227 e. The van der Waals surface area contributed by atoms with Crippen LogP contribution in [0, 0.1) is 5.92 Å². The second-order valence-electron chi connectivity index (χ2n) is 9.01. The highest BCUT2D eigenvalue weighted by molar-refractivity contribution is 5.93. The molecule has 2 aliphatic rings. The zero-order chi connectivity index (χ0) is 24.0. The number of nitrogens with zero attached hydrogens (tertiary/aromatic N) is 2. The molecule has 0 radical (unpaired) electrons. The van der Waals surface area contributed by atoms with Crippen LogP contribution in [0.4, 0.5) is 5.69 Å². The van der Waals surface area contributed by atoms with Gasteiger partial charge >= 0.3 is 0 Å². The highest BCUT2D eigenvalue weighted by atomic mass is 16.5. The molecule has 1 amide bonds. The van der Waals surface area contributed by atoms with E-state index in [4.69, 9.17) is 9.72 Å². The summed E-state index contributed by atoms with van der Waals surface area (Å²) in [6.45, 7) is 3.82. The number of anilines is 1. The molecular weight excluding hydrogens is 442 g/mol. The van der Waals surface area contributed by atoms with Gasteiger partial charge in [-0.3, -0.25) is 4.79 Å². The number of morpholine rings is 1. The third-order valence-corrected chi connectivity index (χ3v) is 6.57. The highest BCUT2D eigenvalue weighted by Gasteiger charge is 2.24. The van der Waals surface area contributed by atoms with Gasteiger partial charge in [0.15, 0.2) is 5.82 Å². The average Bonchev–Trinajstić information content (AvgIpc) is 2.94. The Morgan fingerprint density at radius 1 is 1.06 bits per heavy atom. The van der Waals surface area contributed by atoms with Crippen molar-refractivity contribution in [2.45, 2.75) is 25.6 Å². The number of nitrogens with one attached hydrogen (secondary N) is 3. The van der Waals surface area contributed by atoms with E-state index >= 15 is 0 Å². The standard InChI is InChI=1S/C27H31N5O3/c33-17-18-3-1-5-21(13-18)26-30-15-23(24-16-29-11-12-35-24)25(32-26)20-4-2-6-22(14-20)31-27(34)19-7-9-28-10-8-19/h1-6,13-15,19,24,28-29,33H,7-12,16-17H2,(H,31,34). The molecule has 3 aromatic rings. The van der Waals surface area contributed by atoms with Gasteiger partial charge in [0.1, 0.15) is 0 Å². The van der Waals surface area contributed by atoms with Crippen LogP contribution in [0.25, 0.3) is 22.6 Å². The summed E-state index contributed by atoms with van der Waals surface area (Å²) in [5.74, 6) is 0.668. The minimum absolute atomic E-state index is 0.0293. The van der Waals surface area contributed by atoms with E-state index in [1.807, 2.05) is 54.7 Å². The summed E-state index contributed by atoms with van der Waals surface area (Å²) in [5, 5.41) is 19.3. The third kappa shape index (κ3) is 5.57. The van der Waals surface area contributed by atoms with Crippen LogP contribution in [0.15, 0.2) is 54.7 Å². The predicted molar refractivity (Wildman–Crippen MR) is 135 cm³/mol. The first-order valence-corrected chi connectivity index (χ1v) is 12.2. The van der Waals surface area contributed by atoms with E-state index in [0.717, 1.165) is 66.1 Å². The molecule has 0 aliphatic carbocycles. The number of hydrogen-bond donors (Lipinski definition) is 4. The molecule has 3 heterocycles. The zero-order valence-electron chi connectivity index (χ0n) is 19.7. The summed E-state index contributed by atoms with van der Waals surface area (Å²) in [7, 11) is 0. The number of ether oxygens (including phenoxy) is 1. The van der Waals surface area contributed by atoms with Crippen LogP contribution in [0.5, 0.6) is 0 Å². The van der Waals surface area contributed by atoms with E-state index in [0.29, 0.717) is 19.0 Å². The molecule has 2 saturated heterocycles. The van der Waals surface area contributed by atoms with Crippen molar-refractivity contribution in [2.75, 3.05) is 38.1 Å². The van der Waals surface area contributed by atoms with Gasteiger partial charge in [-0.2, -0.15) is 0 Å². The second-order valence-corrected chi connectivity index (χ2v) is 9.01. The number of piperidine rings is 1. The molecule has 2 aromatic carbocycles. The van der Waals surface area contributed by atoms with E-state index in [1.165, 1.54) is 0 Å². The minimum atomic E-state index is -0.162. The Morgan fingerprint density at radius 2 is 1.89 bits per heavy atom. The van der Waals surface area contributed by atoms with Crippen LogP contribution in [0.3, 0.4) is 0 Å². The number of aliphatic hydroxyl groups excluding tert-OH is 1. The van der Waals surface area contributed by atoms with Gasteiger partial charge in [0.05, 0.1) is 25.0 Å². The molecular formula is C27H31N5O3. The first-order chi connectivity index (χ1) is 17.2. The molecule has 0 spiro atoms. The Morgan fingerprint density at radius 3 is 2.69 bits per heavy atom. The molecule has 2 aliphatic heterocycles. The molecule has 1 aromatic heterocycles. The smallest absolute Gasteiger partial charge is 0.227 e. The van der Waals surface area contributed by atoms with Gasteiger partial charge < -0.3 is 25.8 Å². The summed E-state index contributed by atoms with van der Waals surface area (Å²) >= 11 is 0. The van der Waals surface area contributed by atoms with Crippen molar-refractivity contribution in [3.63, 3.8) is 0 Å². The van der Waals surface area contributed by atoms with Crippen LogP contribution >= 0.6 is 0 Å². The lowest BCUT2D eigenvalue weighted by Gasteiger charge is -2.25. The van der Waals surface area contributed by atoms with Crippen molar-refractivity contribution >= 4 is 11.6 Å². The molecule has 8 heteroatoms. The molecule has 5 rings (SSSR count). The molecule has 182 valence electrons. The van der Waals surface area contributed by atoms with Crippen LogP contribution in [0.1, 0.15) is 30.1 Å². The summed E-state index contributed by atoms with van der Waals surface area (Å²) in [4.78, 5) is 22.4. The van der Waals surface area contributed by atoms with Gasteiger partial charge in [-0.25, -0.2) is 9.97 Å². The SMILES string of the molecule is O=C(Nc1cccc(-c2nc(-c3cccc(CO)c3)ncc2C2CNCCO2)c1)C1CCNCC1. The normalized spacial score (nSPS) is 18.8. The topological polar surface area (TPSA) is 108 Å². The quantitative estimate of drug-likeness (QED) is 0.436. The second kappa shape index (κ2) is 11.0. The minimum Gasteiger partial charge on any atom is -0.392 e. The summed E-state index contributed by atoms with van der Waals surface area (Å²) in [5.41, 5.74) is 4.96. The summed E-state index contributed by atoms with van der Waals surface area (Å²) in [6.07, 6.45) is 3.37.